The minimum atomic E-state index is 1.09. The van der Waals surface area contributed by atoms with Crippen molar-refractivity contribution < 1.29 is 0 Å². The van der Waals surface area contributed by atoms with Crippen LogP contribution in [-0.4, -0.2) is 9.55 Å². The van der Waals surface area contributed by atoms with E-state index in [1.54, 1.807) is 0 Å². The number of hydrogen-bond acceptors (Lipinski definition) is 1. The first-order chi connectivity index (χ1) is 8.25. The fraction of sp³-hybridized carbons (Fsp3) is 0.400. The van der Waals surface area contributed by atoms with Crippen molar-refractivity contribution in [2.75, 3.05) is 0 Å². The molecule has 2 aliphatic carbocycles. The van der Waals surface area contributed by atoms with Crippen LogP contribution in [0.5, 0.6) is 0 Å². The van der Waals surface area contributed by atoms with E-state index < -0.39 is 0 Å². The van der Waals surface area contributed by atoms with Crippen LogP contribution in [0, 0.1) is 0 Å². The van der Waals surface area contributed by atoms with Gasteiger partial charge in [0.25, 0.3) is 0 Å². The molecule has 1 heterocycles. The number of nitrogens with zero attached hydrogens (tertiary/aromatic N) is 2. The number of rotatable bonds is 1. The topological polar surface area (TPSA) is 17.8 Å². The summed E-state index contributed by atoms with van der Waals surface area (Å²) < 4.78 is 2.25. The third kappa shape index (κ3) is 1.78. The molecule has 0 aromatic carbocycles. The van der Waals surface area contributed by atoms with Gasteiger partial charge in [-0.05, 0) is 44.3 Å². The molecular weight excluding hydrogens is 208 g/mol. The van der Waals surface area contributed by atoms with Crippen molar-refractivity contribution in [1.29, 1.82) is 0 Å². The Morgan fingerprint density at radius 2 is 2.12 bits per heavy atom. The second kappa shape index (κ2) is 4.02. The highest BCUT2D eigenvalue weighted by Crippen LogP contribution is 2.29. The second-order valence-electron chi connectivity index (χ2n) is 4.98. The Morgan fingerprint density at radius 1 is 1.24 bits per heavy atom. The molecule has 0 bridgehead atoms. The van der Waals surface area contributed by atoms with Gasteiger partial charge in [0.1, 0.15) is 5.82 Å². The smallest absolute Gasteiger partial charge is 0.136 e. The highest BCUT2D eigenvalue weighted by atomic mass is 15.1. The number of allylic oxidation sites excluding steroid dienone is 5. The van der Waals surface area contributed by atoms with E-state index in [1.165, 1.54) is 22.5 Å². The summed E-state index contributed by atoms with van der Waals surface area (Å²) in [6.45, 7) is 2.21. The molecule has 0 amide bonds. The van der Waals surface area contributed by atoms with Gasteiger partial charge in [0, 0.05) is 7.05 Å². The van der Waals surface area contributed by atoms with Crippen LogP contribution < -0.4 is 0 Å². The average molecular weight is 226 g/mol. The maximum absolute atomic E-state index is 4.82. The van der Waals surface area contributed by atoms with E-state index in [4.69, 9.17) is 4.98 Å². The largest absolute Gasteiger partial charge is 0.328 e. The molecule has 88 valence electrons. The van der Waals surface area contributed by atoms with Gasteiger partial charge in [-0.1, -0.05) is 23.8 Å². The van der Waals surface area contributed by atoms with Crippen molar-refractivity contribution in [3.63, 3.8) is 0 Å². The molecule has 2 nitrogen and oxygen atoms in total. The fourth-order valence-electron chi connectivity index (χ4n) is 2.63. The summed E-state index contributed by atoms with van der Waals surface area (Å²) in [7, 11) is 2.13. The highest BCUT2D eigenvalue weighted by molar-refractivity contribution is 5.67. The van der Waals surface area contributed by atoms with Gasteiger partial charge in [-0.3, -0.25) is 0 Å². The normalized spacial score (nSPS) is 18.7. The predicted octanol–water partition coefficient (Wildman–Crippen LogP) is 3.50. The summed E-state index contributed by atoms with van der Waals surface area (Å²) in [6.07, 6.45) is 13.4. The summed E-state index contributed by atoms with van der Waals surface area (Å²) in [4.78, 5) is 4.82. The molecule has 0 radical (unpaired) electrons. The lowest BCUT2D eigenvalue weighted by Gasteiger charge is -2.11. The maximum Gasteiger partial charge on any atom is 0.136 e. The molecule has 0 spiro atoms. The van der Waals surface area contributed by atoms with E-state index in [2.05, 4.69) is 42.8 Å². The van der Waals surface area contributed by atoms with Crippen LogP contribution in [0.2, 0.25) is 0 Å². The molecule has 17 heavy (non-hydrogen) atoms. The van der Waals surface area contributed by atoms with E-state index >= 15 is 0 Å². The zero-order valence-corrected chi connectivity index (χ0v) is 10.5. The lowest BCUT2D eigenvalue weighted by atomic mass is 10.0. The van der Waals surface area contributed by atoms with Crippen LogP contribution in [0.25, 0.3) is 11.6 Å². The van der Waals surface area contributed by atoms with Gasteiger partial charge in [0.15, 0.2) is 0 Å². The number of imidazole rings is 1. The third-order valence-corrected chi connectivity index (χ3v) is 3.66. The molecule has 0 unspecified atom stereocenters. The van der Waals surface area contributed by atoms with Crippen molar-refractivity contribution in [1.82, 2.24) is 9.55 Å². The maximum atomic E-state index is 4.82. The van der Waals surface area contributed by atoms with Gasteiger partial charge in [-0.2, -0.15) is 0 Å². The Kier molecular flexibility index (Phi) is 2.50. The monoisotopic (exact) mass is 226 g/mol. The van der Waals surface area contributed by atoms with E-state index in [0.717, 1.165) is 31.5 Å². The lowest BCUT2D eigenvalue weighted by molar-refractivity contribution is 0.851. The molecule has 0 saturated carbocycles. The molecule has 1 aromatic heterocycles. The molecule has 2 aliphatic rings. The van der Waals surface area contributed by atoms with Gasteiger partial charge in [0.05, 0.1) is 11.4 Å². The standard InChI is InChI=1S/C15H18N2/c1-11-8-9-13-14(10-11)17(2)15(16-13)12-6-4-3-5-7-12/h3-4,6,10H,5,7-9H2,1-2H3. The Bertz CT molecular complexity index is 542. The quantitative estimate of drug-likeness (QED) is 0.716. The first-order valence-corrected chi connectivity index (χ1v) is 6.34. The van der Waals surface area contributed by atoms with Gasteiger partial charge < -0.3 is 4.57 Å². The predicted molar refractivity (Wildman–Crippen MR) is 71.5 cm³/mol. The summed E-state index contributed by atoms with van der Waals surface area (Å²) in [5, 5.41) is 0. The molecule has 3 rings (SSSR count). The summed E-state index contributed by atoms with van der Waals surface area (Å²) in [6, 6.07) is 0. The molecule has 0 atom stereocenters. The van der Waals surface area contributed by atoms with Crippen LogP contribution in [0.3, 0.4) is 0 Å². The molecule has 0 saturated heterocycles. The first kappa shape index (κ1) is 10.6. The molecule has 2 heteroatoms. The summed E-state index contributed by atoms with van der Waals surface area (Å²) >= 11 is 0. The molecule has 0 aliphatic heterocycles. The third-order valence-electron chi connectivity index (χ3n) is 3.66. The highest BCUT2D eigenvalue weighted by Gasteiger charge is 2.18. The van der Waals surface area contributed by atoms with E-state index in [1.807, 2.05) is 0 Å². The van der Waals surface area contributed by atoms with Crippen LogP contribution >= 0.6 is 0 Å². The van der Waals surface area contributed by atoms with Gasteiger partial charge >= 0.3 is 0 Å². The van der Waals surface area contributed by atoms with Gasteiger partial charge in [-0.25, -0.2) is 4.98 Å². The zero-order valence-electron chi connectivity index (χ0n) is 10.5. The van der Waals surface area contributed by atoms with Crippen LogP contribution in [0.15, 0.2) is 23.8 Å². The van der Waals surface area contributed by atoms with Crippen LogP contribution in [-0.2, 0) is 13.5 Å². The van der Waals surface area contributed by atoms with Crippen LogP contribution in [0.4, 0.5) is 0 Å². The molecular formula is C15H18N2. The Morgan fingerprint density at radius 3 is 2.88 bits per heavy atom. The molecule has 0 N–H and O–H groups in total. The number of hydrogen-bond donors (Lipinski definition) is 0. The Labute approximate surface area is 102 Å². The van der Waals surface area contributed by atoms with Gasteiger partial charge in [0.2, 0.25) is 0 Å². The second-order valence-corrected chi connectivity index (χ2v) is 4.98. The zero-order chi connectivity index (χ0) is 11.8. The fourth-order valence-corrected chi connectivity index (χ4v) is 2.63. The van der Waals surface area contributed by atoms with E-state index in [-0.39, 0.29) is 0 Å². The number of aryl methyl sites for hydroxylation is 1. The van der Waals surface area contributed by atoms with E-state index in [9.17, 15) is 0 Å². The van der Waals surface area contributed by atoms with Crippen molar-refractivity contribution in [2.45, 2.75) is 32.6 Å². The molecule has 1 aromatic rings. The van der Waals surface area contributed by atoms with Gasteiger partial charge in [-0.15, -0.1) is 0 Å². The minimum Gasteiger partial charge on any atom is -0.328 e. The van der Waals surface area contributed by atoms with E-state index in [0.29, 0.717) is 0 Å². The number of aromatic nitrogens is 2. The van der Waals surface area contributed by atoms with Crippen molar-refractivity contribution in [3.8, 4) is 0 Å². The minimum absolute atomic E-state index is 1.09. The SMILES string of the molecule is CC1=Cc2c(nc(C3=CC=CCC3)n2C)CC1. The van der Waals surface area contributed by atoms with Crippen molar-refractivity contribution in [3.05, 3.63) is 41.0 Å². The summed E-state index contributed by atoms with van der Waals surface area (Å²) in [5.41, 5.74) is 5.41. The number of fused-ring (bicyclic) bond motifs is 1. The lowest BCUT2D eigenvalue weighted by Crippen LogP contribution is -2.02. The van der Waals surface area contributed by atoms with Crippen LogP contribution in [0.1, 0.15) is 43.4 Å². The first-order valence-electron chi connectivity index (χ1n) is 6.34. The average Bonchev–Trinajstić information content (AvgIpc) is 2.68. The Balaban J connectivity index is 2.08. The summed E-state index contributed by atoms with van der Waals surface area (Å²) in [5.74, 6) is 1.16. The molecule has 0 fully saturated rings. The Hall–Kier alpha value is -1.57. The van der Waals surface area contributed by atoms with Crippen molar-refractivity contribution >= 4 is 11.6 Å². The van der Waals surface area contributed by atoms with Crippen molar-refractivity contribution in [2.24, 2.45) is 7.05 Å².